The smallest absolute Gasteiger partial charge is 0.225 e. The van der Waals surface area contributed by atoms with Gasteiger partial charge in [0.05, 0.1) is 58.2 Å². The van der Waals surface area contributed by atoms with Crippen molar-refractivity contribution in [3.63, 3.8) is 0 Å². The topological polar surface area (TPSA) is 248 Å². The molecule has 0 radical (unpaired) electrons. The highest BCUT2D eigenvalue weighted by Crippen LogP contribution is 2.44. The van der Waals surface area contributed by atoms with Gasteiger partial charge in [0.15, 0.2) is 5.82 Å². The molecule has 4 aliphatic carbocycles. The normalized spacial score (nSPS) is 16.2. The molecule has 0 spiro atoms. The van der Waals surface area contributed by atoms with Crippen LogP contribution in [0.15, 0.2) is 214 Å². The number of fused-ring (bicyclic) bond motifs is 20. The van der Waals surface area contributed by atoms with Crippen molar-refractivity contribution in [2.75, 3.05) is 130 Å². The first-order chi connectivity index (χ1) is 63.1. The average Bonchev–Trinajstić information content (AvgIpc) is 1.28. The van der Waals surface area contributed by atoms with Crippen molar-refractivity contribution < 1.29 is 0 Å². The SMILES string of the molecule is CN1CCN(c2ccc(Nc3[nH]c4ccc5nccc5c4c4c3CCCC4)cc2)CC1.CN1CCN(c2ncc(Nc3[nH]c4ccc5nccc5c4c4c3CCCC4)cn2)CC1.CN1CCN(c2ncc(Nc3ccc(-c4[nH]c5ccc6nccc6c5c5c4CCCC5)cc3)cn2)CC1.c1cnc(-c2ccc(-c3[nH]c4ccc5nccc5c4c4c3CCCC4)cc2)nc1. The summed E-state index contributed by atoms with van der Waals surface area (Å²) >= 11 is 0. The fraction of sp³-hybridized carbons (Fsp3) is 0.295. The number of likely N-dealkylation sites (N-methyl/N-ethyl adjacent to an activating group) is 3. The van der Waals surface area contributed by atoms with Crippen LogP contribution in [0.25, 0.3) is 121 Å². The van der Waals surface area contributed by atoms with Crippen LogP contribution in [-0.4, -0.2) is 184 Å². The van der Waals surface area contributed by atoms with Crippen LogP contribution >= 0.6 is 0 Å². The van der Waals surface area contributed by atoms with E-state index in [4.69, 9.17) is 0 Å². The molecule has 23 nitrogen and oxygen atoms in total. The molecule has 18 aromatic rings. The zero-order chi connectivity index (χ0) is 85.5. The molecule has 7 aromatic carbocycles. The maximum absolute atomic E-state index is 4.64. The summed E-state index contributed by atoms with van der Waals surface area (Å²) in [5.41, 5.74) is 32.0. The standard InChI is InChI=1S/C30H31N7.C26H29N5.C25H20N4.C24H27N7/c1-36-14-16-37(17-15-36)30-32-18-22(19-33-30)34-21-8-6-20(7-9-21)29-24-5-3-2-4-23(24)28-25-12-13-31-26(25)10-11-27(28)35-29;1-30-14-16-31(17-15-30)19-8-6-18(7-9-19)28-26-21-5-3-2-4-20(21)25-22-12-13-27-23(22)10-11-24(25)29-26;1-2-5-19-18(4-1)23-20-12-15-26-21(20)10-11-22(23)29-24(19)16-6-8-17(9-7-16)25-27-13-3-14-28-25;1-30-10-12-31(13-11-30)24-26-14-16(15-27-24)28-23-18-5-3-2-4-17(18)22-19-8-9-25-20(19)6-7-21(22)29-23/h6-13,18-19,34-35H,2-5,14-17H2,1H3;6-13,28-29H,2-5,14-17H2,1H3;3,6-15,29H,1-2,4-5H2;6-9,14-15,28-29H,2-5,10-13H2,1H3. The summed E-state index contributed by atoms with van der Waals surface area (Å²) in [4.78, 5) is 74.3. The summed E-state index contributed by atoms with van der Waals surface area (Å²) in [6.07, 6.45) is 37.6. The summed E-state index contributed by atoms with van der Waals surface area (Å²) < 4.78 is 0. The lowest BCUT2D eigenvalue weighted by molar-refractivity contribution is 0.311. The van der Waals surface area contributed by atoms with E-state index in [9.17, 15) is 0 Å². The molecule has 25 rings (SSSR count). The van der Waals surface area contributed by atoms with E-state index in [1.807, 2.05) is 55.6 Å². The number of aryl methyl sites for hydroxylation is 4. The second kappa shape index (κ2) is 35.2. The molecule has 3 saturated heterocycles. The van der Waals surface area contributed by atoms with Gasteiger partial charge in [-0.15, -0.1) is 0 Å². The van der Waals surface area contributed by atoms with E-state index in [2.05, 4.69) is 282 Å². The Balaban J connectivity index is 0.000000101. The van der Waals surface area contributed by atoms with Gasteiger partial charge in [0, 0.05) is 215 Å². The monoisotopic (exact) mass is 1690 g/mol. The van der Waals surface area contributed by atoms with E-state index < -0.39 is 0 Å². The lowest BCUT2D eigenvalue weighted by Gasteiger charge is -2.34. The number of hydrogen-bond donors (Lipinski definition) is 7. The lowest BCUT2D eigenvalue weighted by Crippen LogP contribution is -2.45. The van der Waals surface area contributed by atoms with Gasteiger partial charge < -0.3 is 65.3 Å². The van der Waals surface area contributed by atoms with Crippen LogP contribution in [0.1, 0.15) is 95.9 Å². The number of benzene rings is 7. The molecule has 14 heterocycles. The molecular formula is C105H107N23. The Morgan fingerprint density at radius 3 is 0.969 bits per heavy atom. The van der Waals surface area contributed by atoms with Gasteiger partial charge in [-0.05, 0) is 295 Å². The molecule has 0 unspecified atom stereocenters. The van der Waals surface area contributed by atoms with Crippen molar-refractivity contribution in [1.29, 1.82) is 0 Å². The third-order valence-electron chi connectivity index (χ3n) is 27.6. The van der Waals surface area contributed by atoms with Gasteiger partial charge in [0.25, 0.3) is 0 Å². The summed E-state index contributed by atoms with van der Waals surface area (Å²) in [6, 6.07) is 53.8. The van der Waals surface area contributed by atoms with E-state index in [0.29, 0.717) is 0 Å². The Morgan fingerprint density at radius 1 is 0.258 bits per heavy atom. The van der Waals surface area contributed by atoms with E-state index in [1.54, 1.807) is 12.4 Å². The number of nitrogens with zero attached hydrogens (tertiary/aromatic N) is 16. The third-order valence-corrected chi connectivity index (χ3v) is 27.6. The Morgan fingerprint density at radius 2 is 0.570 bits per heavy atom. The second-order valence-corrected chi connectivity index (χ2v) is 35.7. The molecule has 7 aliphatic rings. The minimum Gasteiger partial charge on any atom is -0.369 e. The van der Waals surface area contributed by atoms with Gasteiger partial charge in [-0.3, -0.25) is 19.9 Å². The molecule has 0 bridgehead atoms. The van der Waals surface area contributed by atoms with Crippen LogP contribution in [0.4, 0.5) is 52.0 Å². The molecule has 7 N–H and O–H groups in total. The molecule has 0 saturated carbocycles. The number of aromatic amines is 4. The molecule has 3 aliphatic heterocycles. The number of hydrogen-bond acceptors (Lipinski definition) is 19. The molecule has 0 atom stereocenters. The quantitative estimate of drug-likeness (QED) is 0.0601. The molecular weight excluding hydrogens is 1580 g/mol. The van der Waals surface area contributed by atoms with Crippen LogP contribution < -0.4 is 30.7 Å². The number of aromatic nitrogens is 14. The highest BCUT2D eigenvalue weighted by molar-refractivity contribution is 6.12. The fourth-order valence-corrected chi connectivity index (χ4v) is 20.8. The summed E-state index contributed by atoms with van der Waals surface area (Å²) in [5.74, 6) is 4.59. The Labute approximate surface area is 744 Å². The fourth-order valence-electron chi connectivity index (χ4n) is 20.8. The predicted octanol–water partition coefficient (Wildman–Crippen LogP) is 20.2. The van der Waals surface area contributed by atoms with Crippen molar-refractivity contribution >= 4 is 139 Å². The number of H-pyrrole nitrogens is 4. The minimum absolute atomic E-state index is 0.759. The Bertz CT molecular complexity index is 6860. The van der Waals surface area contributed by atoms with Gasteiger partial charge in [-0.2, -0.15) is 0 Å². The largest absolute Gasteiger partial charge is 0.369 e. The zero-order valence-electron chi connectivity index (χ0n) is 73.2. The Hall–Kier alpha value is -13.7. The van der Waals surface area contributed by atoms with E-state index in [0.717, 1.165) is 215 Å². The summed E-state index contributed by atoms with van der Waals surface area (Å²) in [5, 5.41) is 21.2. The van der Waals surface area contributed by atoms with Crippen LogP contribution in [0, 0.1) is 0 Å². The predicted molar refractivity (Wildman–Crippen MR) is 522 cm³/mol. The first kappa shape index (κ1) is 80.1. The molecule has 642 valence electrons. The van der Waals surface area contributed by atoms with Gasteiger partial charge in [-0.25, -0.2) is 29.9 Å². The van der Waals surface area contributed by atoms with Gasteiger partial charge in [0.2, 0.25) is 11.9 Å². The number of piperazine rings is 3. The van der Waals surface area contributed by atoms with Gasteiger partial charge in [-0.1, -0.05) is 36.4 Å². The van der Waals surface area contributed by atoms with E-state index in [-0.39, 0.29) is 0 Å². The maximum atomic E-state index is 4.64. The molecule has 11 aromatic heterocycles. The second-order valence-electron chi connectivity index (χ2n) is 35.7. The highest BCUT2D eigenvalue weighted by atomic mass is 15.3. The van der Waals surface area contributed by atoms with Crippen molar-refractivity contribution in [2.24, 2.45) is 0 Å². The van der Waals surface area contributed by atoms with Gasteiger partial charge in [0.1, 0.15) is 11.6 Å². The third kappa shape index (κ3) is 16.0. The maximum Gasteiger partial charge on any atom is 0.225 e. The summed E-state index contributed by atoms with van der Waals surface area (Å²) in [6.45, 7) is 12.5. The number of rotatable bonds is 12. The van der Waals surface area contributed by atoms with Crippen molar-refractivity contribution in [3.8, 4) is 33.9 Å². The van der Waals surface area contributed by atoms with Crippen LogP contribution in [0.2, 0.25) is 0 Å². The molecule has 23 heteroatoms. The first-order valence-corrected chi connectivity index (χ1v) is 46.1. The van der Waals surface area contributed by atoms with E-state index in [1.165, 1.54) is 184 Å². The van der Waals surface area contributed by atoms with Crippen LogP contribution in [0.3, 0.4) is 0 Å². The molecule has 0 amide bonds. The number of anilines is 9. The van der Waals surface area contributed by atoms with Crippen LogP contribution in [-0.2, 0) is 51.4 Å². The first-order valence-electron chi connectivity index (χ1n) is 46.1. The highest BCUT2D eigenvalue weighted by Gasteiger charge is 2.28. The van der Waals surface area contributed by atoms with Crippen LogP contribution in [0.5, 0.6) is 0 Å². The average molecular weight is 1690 g/mol. The van der Waals surface area contributed by atoms with Crippen molar-refractivity contribution in [1.82, 2.24) is 84.5 Å². The molecule has 3 fully saturated rings. The van der Waals surface area contributed by atoms with E-state index >= 15 is 0 Å². The van der Waals surface area contributed by atoms with Crippen molar-refractivity contribution in [3.05, 3.63) is 258 Å². The molecule has 128 heavy (non-hydrogen) atoms. The van der Waals surface area contributed by atoms with Gasteiger partial charge >= 0.3 is 0 Å². The zero-order valence-corrected chi connectivity index (χ0v) is 73.2. The number of pyridine rings is 4. The summed E-state index contributed by atoms with van der Waals surface area (Å²) in [7, 11) is 6.51. The van der Waals surface area contributed by atoms with Crippen molar-refractivity contribution in [2.45, 2.75) is 103 Å². The minimum atomic E-state index is 0.759. The number of nitrogens with one attached hydrogen (secondary N) is 7. The lowest BCUT2D eigenvalue weighted by atomic mass is 9.85. The Kier molecular flexibility index (Phi) is 22.1.